The maximum Gasteiger partial charge on any atom is 0.226 e. The molecule has 18 heavy (non-hydrogen) atoms. The molecule has 0 aromatic carbocycles. The normalized spacial score (nSPS) is 17.0. The third-order valence-corrected chi connectivity index (χ3v) is 2.37. The van der Waals surface area contributed by atoms with Crippen LogP contribution in [0.5, 0.6) is 0 Å². The zero-order valence-corrected chi connectivity index (χ0v) is 14.7. The second-order valence-corrected chi connectivity index (χ2v) is 3.59. The molecule has 0 aliphatic carbocycles. The average Bonchev–Trinajstić information content (AvgIpc) is 2.36. The average molecular weight is 323 g/mol. The first-order valence-corrected chi connectivity index (χ1v) is 6.50. The molecular formula is C15H24NOY-. The van der Waals surface area contributed by atoms with Crippen molar-refractivity contribution in [1.29, 1.82) is 0 Å². The Morgan fingerprint density at radius 2 is 2.11 bits per heavy atom. The number of unbranched alkanes of at least 4 members (excludes halogenated alkanes) is 1. The van der Waals surface area contributed by atoms with E-state index < -0.39 is 0 Å². The van der Waals surface area contributed by atoms with Crippen LogP contribution in [0.3, 0.4) is 0 Å². The molecule has 0 aromatic rings. The number of hydrogen-bond acceptors (Lipinski definition) is 1. The van der Waals surface area contributed by atoms with Crippen molar-refractivity contribution in [1.82, 2.24) is 4.90 Å². The Bertz CT molecular complexity index is 301. The van der Waals surface area contributed by atoms with Gasteiger partial charge >= 0.3 is 0 Å². The molecular weight excluding hydrogens is 299 g/mol. The number of rotatable bonds is 4. The smallest absolute Gasteiger partial charge is 0.226 e. The zero-order chi connectivity index (χ0) is 13.1. The van der Waals surface area contributed by atoms with E-state index in [2.05, 4.69) is 37.8 Å². The van der Waals surface area contributed by atoms with E-state index >= 15 is 0 Å². The van der Waals surface area contributed by atoms with Crippen molar-refractivity contribution >= 4 is 5.91 Å². The number of amides is 1. The Morgan fingerprint density at radius 1 is 1.44 bits per heavy atom. The summed E-state index contributed by atoms with van der Waals surface area (Å²) in [5.74, 6) is 6.22. The van der Waals surface area contributed by atoms with Gasteiger partial charge in [0.2, 0.25) is 5.91 Å². The van der Waals surface area contributed by atoms with Gasteiger partial charge in [-0.05, 0) is 12.8 Å². The van der Waals surface area contributed by atoms with Crippen LogP contribution in [0.1, 0.15) is 46.5 Å². The number of hydrogen-bond donors (Lipinski definition) is 0. The van der Waals surface area contributed by atoms with Gasteiger partial charge in [-0.3, -0.25) is 4.79 Å². The largest absolute Gasteiger partial charge is 0.342 e. The molecule has 0 bridgehead atoms. The standard InChI is InChI=1S/C13H18NO.C2H6.Y/c1-3-5-7-8-10-14-12(9-6-4-2)11-13(14)15;1-2;/h6,9,12H,1,3-5,10-11H2,2H3;1-2H3;/q-1;;. The molecule has 1 unspecified atom stereocenters. The fourth-order valence-electron chi connectivity index (χ4n) is 1.47. The topological polar surface area (TPSA) is 20.3 Å². The maximum absolute atomic E-state index is 11.3. The van der Waals surface area contributed by atoms with Crippen LogP contribution in [-0.4, -0.2) is 23.4 Å². The summed E-state index contributed by atoms with van der Waals surface area (Å²) in [5.41, 5.74) is 0. The minimum atomic E-state index is 0. The molecule has 0 aromatic heterocycles. The molecule has 1 aliphatic heterocycles. The van der Waals surface area contributed by atoms with Gasteiger partial charge in [0.05, 0.1) is 19.0 Å². The number of β-lactam (4-membered cyclic amide) rings is 1. The van der Waals surface area contributed by atoms with Gasteiger partial charge in [-0.25, -0.2) is 0 Å². The van der Waals surface area contributed by atoms with Crippen molar-refractivity contribution in [2.75, 3.05) is 6.54 Å². The summed E-state index contributed by atoms with van der Waals surface area (Å²) in [5, 5.41) is 0. The van der Waals surface area contributed by atoms with Crippen molar-refractivity contribution in [2.45, 2.75) is 52.5 Å². The fraction of sp³-hybridized carbons (Fsp3) is 0.600. The Kier molecular flexibility index (Phi) is 14.9. The molecule has 1 rings (SSSR count). The molecule has 3 heteroatoms. The van der Waals surface area contributed by atoms with Gasteiger partial charge in [0.15, 0.2) is 0 Å². The summed E-state index contributed by atoms with van der Waals surface area (Å²) >= 11 is 0. The minimum Gasteiger partial charge on any atom is -0.342 e. The van der Waals surface area contributed by atoms with Crippen LogP contribution in [0.2, 0.25) is 0 Å². The van der Waals surface area contributed by atoms with Crippen molar-refractivity contribution < 1.29 is 37.5 Å². The summed E-state index contributed by atoms with van der Waals surface area (Å²) in [7, 11) is 0. The monoisotopic (exact) mass is 323 g/mol. The quantitative estimate of drug-likeness (QED) is 0.337. The van der Waals surface area contributed by atoms with E-state index in [4.69, 9.17) is 0 Å². The Labute approximate surface area is 137 Å². The molecule has 99 valence electrons. The van der Waals surface area contributed by atoms with Gasteiger partial charge in [-0.1, -0.05) is 38.8 Å². The number of allylic oxidation sites excluding steroid dienone is 1. The summed E-state index contributed by atoms with van der Waals surface area (Å²) in [6.45, 7) is 10.4. The number of likely N-dealkylation sites (tertiary alicyclic amines) is 1. The molecule has 0 spiro atoms. The molecule has 1 heterocycles. The second kappa shape index (κ2) is 13.3. The summed E-state index contributed by atoms with van der Waals surface area (Å²) in [4.78, 5) is 13.1. The first-order chi connectivity index (χ1) is 8.29. The summed E-state index contributed by atoms with van der Waals surface area (Å²) in [6, 6.07) is 0.284. The minimum absolute atomic E-state index is 0. The number of carbonyl (C=O) groups excluding carboxylic acids is 1. The van der Waals surface area contributed by atoms with Crippen molar-refractivity contribution in [3.8, 4) is 11.8 Å². The zero-order valence-electron chi connectivity index (χ0n) is 11.9. The van der Waals surface area contributed by atoms with E-state index in [9.17, 15) is 4.79 Å². The molecule has 1 amide bonds. The molecule has 1 fully saturated rings. The van der Waals surface area contributed by atoms with E-state index in [0.29, 0.717) is 13.0 Å². The van der Waals surface area contributed by atoms with Crippen LogP contribution in [0, 0.1) is 18.8 Å². The van der Waals surface area contributed by atoms with Crippen LogP contribution in [0.15, 0.2) is 12.2 Å². The van der Waals surface area contributed by atoms with Gasteiger partial charge in [0.1, 0.15) is 0 Å². The molecule has 1 radical (unpaired) electrons. The van der Waals surface area contributed by atoms with Gasteiger partial charge in [-0.2, -0.15) is 6.42 Å². The van der Waals surface area contributed by atoms with E-state index in [1.165, 1.54) is 0 Å². The van der Waals surface area contributed by atoms with E-state index in [1.807, 2.05) is 18.7 Å². The molecule has 1 atom stereocenters. The van der Waals surface area contributed by atoms with Gasteiger partial charge in [-0.15, -0.1) is 5.92 Å². The van der Waals surface area contributed by atoms with Crippen molar-refractivity contribution in [3.63, 3.8) is 0 Å². The van der Waals surface area contributed by atoms with E-state index in [-0.39, 0.29) is 44.7 Å². The third-order valence-electron chi connectivity index (χ3n) is 2.37. The molecule has 0 saturated carbocycles. The van der Waals surface area contributed by atoms with Crippen LogP contribution < -0.4 is 0 Å². The van der Waals surface area contributed by atoms with E-state index in [1.54, 1.807) is 0 Å². The SMILES string of the molecule is CC.[CH2-]CCC#CCN1C(=O)CC1C=CCC.[Y]. The van der Waals surface area contributed by atoms with Gasteiger partial charge in [0.25, 0.3) is 0 Å². The fourth-order valence-corrected chi connectivity index (χ4v) is 1.47. The predicted molar refractivity (Wildman–Crippen MR) is 73.3 cm³/mol. The second-order valence-electron chi connectivity index (χ2n) is 3.59. The maximum atomic E-state index is 11.3. The van der Waals surface area contributed by atoms with Gasteiger partial charge < -0.3 is 11.8 Å². The molecule has 1 aliphatic rings. The summed E-state index contributed by atoms with van der Waals surface area (Å²) < 4.78 is 0. The predicted octanol–water partition coefficient (Wildman–Crippen LogP) is 3.19. The third kappa shape index (κ3) is 7.34. The van der Waals surface area contributed by atoms with Crippen LogP contribution >= 0.6 is 0 Å². The van der Waals surface area contributed by atoms with Crippen molar-refractivity contribution in [2.24, 2.45) is 0 Å². The Hall–Kier alpha value is -0.126. The van der Waals surface area contributed by atoms with Crippen LogP contribution in [0.4, 0.5) is 0 Å². The van der Waals surface area contributed by atoms with Crippen LogP contribution in [0.25, 0.3) is 0 Å². The van der Waals surface area contributed by atoms with Crippen molar-refractivity contribution in [3.05, 3.63) is 19.1 Å². The van der Waals surface area contributed by atoms with Crippen LogP contribution in [-0.2, 0) is 37.5 Å². The Balaban J connectivity index is 0. The van der Waals surface area contributed by atoms with E-state index in [0.717, 1.165) is 19.3 Å². The first-order valence-electron chi connectivity index (χ1n) is 6.50. The molecule has 0 N–H and O–H groups in total. The Morgan fingerprint density at radius 3 is 2.61 bits per heavy atom. The molecule has 1 saturated heterocycles. The summed E-state index contributed by atoms with van der Waals surface area (Å²) in [6.07, 6.45) is 7.52. The number of nitrogens with zero attached hydrogens (tertiary/aromatic N) is 1. The van der Waals surface area contributed by atoms with Gasteiger partial charge in [0, 0.05) is 32.7 Å². The number of carbonyl (C=O) groups is 1. The molecule has 2 nitrogen and oxygen atoms in total. The first kappa shape index (κ1) is 20.2.